The predicted octanol–water partition coefficient (Wildman–Crippen LogP) is 5.33. The fourth-order valence-corrected chi connectivity index (χ4v) is 4.09. The molecule has 0 aliphatic carbocycles. The number of aromatic nitrogens is 2. The third-order valence-electron chi connectivity index (χ3n) is 2.46. The molecular formula is C13H9BrN2S3. The van der Waals surface area contributed by atoms with Crippen LogP contribution in [0.15, 0.2) is 55.3 Å². The van der Waals surface area contributed by atoms with E-state index in [-0.39, 0.29) is 0 Å². The van der Waals surface area contributed by atoms with Crippen molar-refractivity contribution in [2.24, 2.45) is 0 Å². The molecular weight excluding hydrogens is 360 g/mol. The molecule has 6 heteroatoms. The maximum Gasteiger partial charge on any atom is 0.188 e. The van der Waals surface area contributed by atoms with Crippen LogP contribution in [0, 0.1) is 0 Å². The summed E-state index contributed by atoms with van der Waals surface area (Å²) in [5, 5.41) is 3.92. The molecule has 0 unspecified atom stereocenters. The summed E-state index contributed by atoms with van der Waals surface area (Å²) in [6.07, 6.45) is 2.00. The smallest absolute Gasteiger partial charge is 0.188 e. The Kier molecular flexibility index (Phi) is 4.12. The molecule has 0 aliphatic rings. The molecule has 0 N–H and O–H groups in total. The summed E-state index contributed by atoms with van der Waals surface area (Å²) < 4.78 is 2.25. The molecule has 0 saturated heterocycles. The van der Waals surface area contributed by atoms with Gasteiger partial charge in [-0.2, -0.15) is 0 Å². The van der Waals surface area contributed by atoms with Crippen molar-refractivity contribution >= 4 is 61.0 Å². The van der Waals surface area contributed by atoms with Crippen molar-refractivity contribution in [3.63, 3.8) is 0 Å². The van der Waals surface area contributed by atoms with Crippen molar-refractivity contribution in [1.82, 2.24) is 9.97 Å². The highest BCUT2D eigenvalue weighted by atomic mass is 79.9. The van der Waals surface area contributed by atoms with Crippen molar-refractivity contribution < 1.29 is 0 Å². The third kappa shape index (κ3) is 2.97. The summed E-state index contributed by atoms with van der Waals surface area (Å²) >= 11 is 8.40. The SMILES string of the molecule is CSc1nc(Sc2ccc(Br)cc2)c2sccc2n1. The number of benzene rings is 1. The molecule has 0 radical (unpaired) electrons. The molecule has 19 heavy (non-hydrogen) atoms. The van der Waals surface area contributed by atoms with Gasteiger partial charge in [0.1, 0.15) is 5.03 Å². The van der Waals surface area contributed by atoms with Crippen LogP contribution in [0.2, 0.25) is 0 Å². The quantitative estimate of drug-likeness (QED) is 0.354. The van der Waals surface area contributed by atoms with Crippen LogP contribution < -0.4 is 0 Å². The monoisotopic (exact) mass is 368 g/mol. The first-order valence-corrected chi connectivity index (χ1v) is 9.20. The third-order valence-corrected chi connectivity index (χ3v) is 5.58. The van der Waals surface area contributed by atoms with Gasteiger partial charge in [-0.05, 0) is 42.0 Å². The standard InChI is InChI=1S/C13H9BrN2S3/c1-17-13-15-10-6-7-18-11(10)12(16-13)19-9-4-2-8(14)3-5-9/h2-7H,1H3. The van der Waals surface area contributed by atoms with E-state index in [1.807, 2.05) is 24.5 Å². The molecule has 3 rings (SSSR count). The second kappa shape index (κ2) is 5.83. The van der Waals surface area contributed by atoms with Crippen LogP contribution in [0.25, 0.3) is 10.2 Å². The van der Waals surface area contributed by atoms with Gasteiger partial charge in [0.25, 0.3) is 0 Å². The number of hydrogen-bond donors (Lipinski definition) is 0. The Morgan fingerprint density at radius 1 is 1.11 bits per heavy atom. The zero-order chi connectivity index (χ0) is 13.2. The second-order valence-electron chi connectivity index (χ2n) is 3.71. The van der Waals surface area contributed by atoms with Gasteiger partial charge in [0, 0.05) is 9.37 Å². The molecule has 0 bridgehead atoms. The van der Waals surface area contributed by atoms with Crippen LogP contribution in [0.3, 0.4) is 0 Å². The van der Waals surface area contributed by atoms with E-state index in [9.17, 15) is 0 Å². The van der Waals surface area contributed by atoms with Gasteiger partial charge in [-0.15, -0.1) is 11.3 Å². The fourth-order valence-electron chi connectivity index (χ4n) is 1.59. The predicted molar refractivity (Wildman–Crippen MR) is 87.5 cm³/mol. The van der Waals surface area contributed by atoms with Crippen LogP contribution in [-0.4, -0.2) is 16.2 Å². The maximum absolute atomic E-state index is 4.62. The van der Waals surface area contributed by atoms with Crippen LogP contribution in [0.5, 0.6) is 0 Å². The maximum atomic E-state index is 4.62. The lowest BCUT2D eigenvalue weighted by Gasteiger charge is -2.04. The number of nitrogens with zero attached hydrogens (tertiary/aromatic N) is 2. The first kappa shape index (κ1) is 13.4. The number of thioether (sulfide) groups is 1. The van der Waals surface area contributed by atoms with E-state index < -0.39 is 0 Å². The molecule has 1 aromatic carbocycles. The van der Waals surface area contributed by atoms with Crippen molar-refractivity contribution in [2.75, 3.05) is 6.26 Å². The molecule has 0 atom stereocenters. The van der Waals surface area contributed by atoms with E-state index in [1.165, 1.54) is 4.90 Å². The van der Waals surface area contributed by atoms with Gasteiger partial charge in [0.2, 0.25) is 0 Å². The molecule has 3 aromatic rings. The zero-order valence-electron chi connectivity index (χ0n) is 9.96. The Morgan fingerprint density at radius 2 is 1.89 bits per heavy atom. The first-order valence-electron chi connectivity index (χ1n) is 5.49. The van der Waals surface area contributed by atoms with Gasteiger partial charge in [0.05, 0.1) is 10.2 Å². The lowest BCUT2D eigenvalue weighted by atomic mass is 10.4. The Labute approximate surface area is 132 Å². The first-order chi connectivity index (χ1) is 9.26. The molecule has 0 saturated carbocycles. The molecule has 0 amide bonds. The van der Waals surface area contributed by atoms with E-state index in [0.717, 1.165) is 24.9 Å². The van der Waals surface area contributed by atoms with E-state index >= 15 is 0 Å². The Bertz CT molecular complexity index is 709. The molecule has 2 heterocycles. The minimum Gasteiger partial charge on any atom is -0.222 e. The topological polar surface area (TPSA) is 25.8 Å². The van der Waals surface area contributed by atoms with Crippen molar-refractivity contribution in [3.05, 3.63) is 40.2 Å². The zero-order valence-corrected chi connectivity index (χ0v) is 14.0. The molecule has 0 aliphatic heterocycles. The molecule has 0 spiro atoms. The van der Waals surface area contributed by atoms with Crippen LogP contribution in [0.1, 0.15) is 0 Å². The Morgan fingerprint density at radius 3 is 2.63 bits per heavy atom. The van der Waals surface area contributed by atoms with Gasteiger partial charge in [-0.25, -0.2) is 9.97 Å². The van der Waals surface area contributed by atoms with Crippen LogP contribution >= 0.6 is 50.8 Å². The van der Waals surface area contributed by atoms with Crippen molar-refractivity contribution in [1.29, 1.82) is 0 Å². The normalized spacial score (nSPS) is 11.1. The average Bonchev–Trinajstić information content (AvgIpc) is 2.89. The fraction of sp³-hybridized carbons (Fsp3) is 0.0769. The highest BCUT2D eigenvalue weighted by Crippen LogP contribution is 2.35. The van der Waals surface area contributed by atoms with E-state index in [4.69, 9.17) is 0 Å². The summed E-state index contributed by atoms with van der Waals surface area (Å²) in [5.74, 6) is 0. The number of halogens is 1. The van der Waals surface area contributed by atoms with Gasteiger partial charge in [0.15, 0.2) is 5.16 Å². The van der Waals surface area contributed by atoms with Crippen molar-refractivity contribution in [3.8, 4) is 0 Å². The number of thiophene rings is 1. The van der Waals surface area contributed by atoms with E-state index in [0.29, 0.717) is 0 Å². The molecule has 96 valence electrons. The van der Waals surface area contributed by atoms with E-state index in [2.05, 4.69) is 43.4 Å². The Balaban J connectivity index is 2.03. The summed E-state index contributed by atoms with van der Waals surface area (Å²) in [6.45, 7) is 0. The van der Waals surface area contributed by atoms with Crippen LogP contribution in [0.4, 0.5) is 0 Å². The second-order valence-corrected chi connectivity index (χ2v) is 7.37. The minimum atomic E-state index is 0.825. The molecule has 2 nitrogen and oxygen atoms in total. The van der Waals surface area contributed by atoms with Gasteiger partial charge >= 0.3 is 0 Å². The average molecular weight is 369 g/mol. The highest BCUT2D eigenvalue weighted by Gasteiger charge is 2.10. The highest BCUT2D eigenvalue weighted by molar-refractivity contribution is 9.10. The summed E-state index contributed by atoms with van der Waals surface area (Å²) in [5.41, 5.74) is 1.03. The summed E-state index contributed by atoms with van der Waals surface area (Å²) in [7, 11) is 0. The molecule has 0 fully saturated rings. The Hall–Kier alpha value is -0.560. The minimum absolute atomic E-state index is 0.825. The van der Waals surface area contributed by atoms with Gasteiger partial charge in [-0.1, -0.05) is 39.5 Å². The van der Waals surface area contributed by atoms with Crippen molar-refractivity contribution in [2.45, 2.75) is 15.1 Å². The number of hydrogen-bond acceptors (Lipinski definition) is 5. The lowest BCUT2D eigenvalue weighted by molar-refractivity contribution is 0.938. The largest absolute Gasteiger partial charge is 0.222 e. The molecule has 2 aromatic heterocycles. The van der Waals surface area contributed by atoms with Gasteiger partial charge < -0.3 is 0 Å². The van der Waals surface area contributed by atoms with Crippen LogP contribution in [-0.2, 0) is 0 Å². The van der Waals surface area contributed by atoms with Gasteiger partial charge in [-0.3, -0.25) is 0 Å². The summed E-state index contributed by atoms with van der Waals surface area (Å²) in [4.78, 5) is 10.3. The number of rotatable bonds is 3. The van der Waals surface area contributed by atoms with E-state index in [1.54, 1.807) is 34.9 Å². The summed E-state index contributed by atoms with van der Waals surface area (Å²) in [6, 6.07) is 10.3. The lowest BCUT2D eigenvalue weighted by Crippen LogP contribution is -1.88. The number of fused-ring (bicyclic) bond motifs is 1.